The van der Waals surface area contributed by atoms with Gasteiger partial charge < -0.3 is 85.1 Å². The van der Waals surface area contributed by atoms with Crippen LogP contribution in [0.4, 0.5) is 0 Å². The van der Waals surface area contributed by atoms with Gasteiger partial charge in [-0.25, -0.2) is 4.79 Å². The lowest BCUT2D eigenvalue weighted by Gasteiger charge is -2.31. The number of aliphatic carboxylic acids is 2. The minimum atomic E-state index is -1.98. The quantitative estimate of drug-likeness (QED) is 0.0265. The highest BCUT2D eigenvalue weighted by Gasteiger charge is 2.41. The Morgan fingerprint density at radius 3 is 1.36 bits per heavy atom. The van der Waals surface area contributed by atoms with Gasteiger partial charge in [-0.3, -0.25) is 52.7 Å². The Labute approximate surface area is 531 Å². The number of nitrogens with zero attached hydrogens (tertiary/aromatic N) is 1. The number of carboxylic acid groups (broad SMARTS) is 2. The average molecular weight is 1280 g/mol. The molecule has 496 valence electrons. The highest BCUT2D eigenvalue weighted by molar-refractivity contribution is 6.00. The number of likely N-dealkylation sites (tertiary alicyclic amines) is 1. The van der Waals surface area contributed by atoms with Gasteiger partial charge in [0.15, 0.2) is 0 Å². The van der Waals surface area contributed by atoms with E-state index in [1.165, 1.54) is 41.3 Å². The number of phenolic OH excluding ortho intramolecular Hbond substituents is 2. The number of amides is 10. The smallest absolute Gasteiger partial charge is 0.326 e. The monoisotopic (exact) mass is 1280 g/mol. The van der Waals surface area contributed by atoms with Crippen LogP contribution in [0.15, 0.2) is 109 Å². The molecule has 0 aliphatic carbocycles. The second-order valence-corrected chi connectivity index (χ2v) is 22.9. The molecule has 18 N–H and O–H groups in total. The van der Waals surface area contributed by atoms with E-state index in [2.05, 4.69) is 42.5 Å². The van der Waals surface area contributed by atoms with E-state index in [4.69, 9.17) is 17.2 Å². The van der Waals surface area contributed by atoms with Crippen LogP contribution < -0.4 is 59.7 Å². The number of hydrogen-bond donors (Lipinski definition) is 15. The third kappa shape index (κ3) is 23.1. The number of hydrogen-bond acceptors (Lipinski definition) is 16. The molecule has 1 aliphatic heterocycles. The van der Waals surface area contributed by atoms with Crippen molar-refractivity contribution in [3.05, 3.63) is 131 Å². The van der Waals surface area contributed by atoms with Crippen molar-refractivity contribution in [1.82, 2.24) is 47.4 Å². The van der Waals surface area contributed by atoms with Gasteiger partial charge in [0, 0.05) is 32.2 Å². The lowest BCUT2D eigenvalue weighted by Crippen LogP contribution is -2.61. The number of carbonyl (C=O) groups excluding carboxylic acids is 10. The number of carbonyl (C=O) groups is 12. The van der Waals surface area contributed by atoms with Gasteiger partial charge in [0.2, 0.25) is 59.1 Å². The van der Waals surface area contributed by atoms with E-state index in [1.54, 1.807) is 93.6 Å². The maximum absolute atomic E-state index is 15.0. The maximum Gasteiger partial charge on any atom is 0.326 e. The van der Waals surface area contributed by atoms with E-state index in [9.17, 15) is 78.0 Å². The molecule has 92 heavy (non-hydrogen) atoms. The van der Waals surface area contributed by atoms with E-state index < -0.39 is 144 Å². The molecule has 0 radical (unpaired) electrons. The minimum Gasteiger partial charge on any atom is -0.508 e. The van der Waals surface area contributed by atoms with E-state index in [0.29, 0.717) is 41.5 Å². The van der Waals surface area contributed by atoms with Gasteiger partial charge in [-0.15, -0.1) is 0 Å². The van der Waals surface area contributed by atoms with Crippen LogP contribution in [0.5, 0.6) is 11.5 Å². The topological polar surface area (TPSA) is 463 Å². The predicted octanol–water partition coefficient (Wildman–Crippen LogP) is -0.805. The molecular weight excluding hydrogens is 1190 g/mol. The molecule has 4 aromatic rings. The molecule has 5 rings (SSSR count). The third-order valence-electron chi connectivity index (χ3n) is 15.3. The van der Waals surface area contributed by atoms with Gasteiger partial charge in [0.1, 0.15) is 65.9 Å². The zero-order valence-electron chi connectivity index (χ0n) is 51.5. The first-order valence-electron chi connectivity index (χ1n) is 30.3. The fourth-order valence-corrected chi connectivity index (χ4v) is 10.2. The van der Waals surface area contributed by atoms with E-state index in [1.807, 2.05) is 0 Å². The highest BCUT2D eigenvalue weighted by atomic mass is 16.4. The van der Waals surface area contributed by atoms with Crippen LogP contribution in [-0.2, 0) is 83.2 Å². The molecule has 0 saturated carbocycles. The lowest BCUT2D eigenvalue weighted by atomic mass is 10.0. The molecule has 1 heterocycles. The van der Waals surface area contributed by atoms with Crippen LogP contribution in [-0.4, -0.2) is 170 Å². The Morgan fingerprint density at radius 2 is 0.891 bits per heavy atom. The summed E-state index contributed by atoms with van der Waals surface area (Å²) in [5.41, 5.74) is 19.2. The van der Waals surface area contributed by atoms with Crippen molar-refractivity contribution in [3.63, 3.8) is 0 Å². The predicted molar refractivity (Wildman–Crippen MR) is 334 cm³/mol. The molecule has 0 unspecified atom stereocenters. The van der Waals surface area contributed by atoms with Gasteiger partial charge >= 0.3 is 11.9 Å². The van der Waals surface area contributed by atoms with Gasteiger partial charge in [-0.1, -0.05) is 112 Å². The number of rotatable bonds is 36. The fourth-order valence-electron chi connectivity index (χ4n) is 10.2. The van der Waals surface area contributed by atoms with Crippen LogP contribution in [0.2, 0.25) is 0 Å². The number of phenols is 2. The van der Waals surface area contributed by atoms with Gasteiger partial charge in [-0.2, -0.15) is 0 Å². The molecular formula is C64H84N12O16. The molecule has 0 aromatic heterocycles. The van der Waals surface area contributed by atoms with Gasteiger partial charge in [0.05, 0.1) is 18.9 Å². The molecule has 28 nitrogen and oxygen atoms in total. The Morgan fingerprint density at radius 1 is 0.500 bits per heavy atom. The largest absolute Gasteiger partial charge is 0.508 e. The summed E-state index contributed by atoms with van der Waals surface area (Å²) in [7, 11) is 0. The van der Waals surface area contributed by atoms with Crippen LogP contribution >= 0.6 is 0 Å². The summed E-state index contributed by atoms with van der Waals surface area (Å²) in [4.78, 5) is 166. The second kappa shape index (κ2) is 36.0. The molecule has 1 saturated heterocycles. The fraction of sp³-hybridized carbons (Fsp3) is 0.438. The summed E-state index contributed by atoms with van der Waals surface area (Å²) in [5.74, 6) is -12.8. The second-order valence-electron chi connectivity index (χ2n) is 22.9. The number of carboxylic acids is 2. The Hall–Kier alpha value is -9.96. The Bertz CT molecular complexity index is 3190. The Kier molecular flexibility index (Phi) is 28.5. The summed E-state index contributed by atoms with van der Waals surface area (Å²) in [6, 6.07) is 13.4. The molecule has 1 fully saturated rings. The summed E-state index contributed by atoms with van der Waals surface area (Å²) < 4.78 is 0. The molecule has 0 spiro atoms. The molecule has 0 bridgehead atoms. The van der Waals surface area contributed by atoms with Crippen molar-refractivity contribution in [2.45, 2.75) is 158 Å². The average Bonchev–Trinajstić information content (AvgIpc) is 1.84. The molecule has 10 amide bonds. The normalized spacial score (nSPS) is 15.7. The number of benzene rings is 4. The third-order valence-corrected chi connectivity index (χ3v) is 15.3. The van der Waals surface area contributed by atoms with E-state index in [-0.39, 0.29) is 75.5 Å². The summed E-state index contributed by atoms with van der Waals surface area (Å²) in [6.07, 6.45) is -1.56. The first-order valence-corrected chi connectivity index (χ1v) is 30.3. The van der Waals surface area contributed by atoms with Crippen molar-refractivity contribution < 1.29 is 78.0 Å². The SMILES string of the molecule is CCC[C@H](NC(=O)[C@H](CCCN)NC(=O)[C@@H](N)C(C)C)C(=O)N[C@@H](Cc1ccc(O)cc1)C(=O)N1CCC[C@H]1C(=O)N[C@@H](Cc1ccccc1)C(=O)N[C@@H](Cc1ccccc1)C(=O)N[C@@H](CC(N)=O)C(=O)N[C@@H](CC(=O)O)C(=O)N[C@@H](Cc1ccc(O)cc1)C(=O)O. The summed E-state index contributed by atoms with van der Waals surface area (Å²) in [6.45, 7) is 5.50. The van der Waals surface area contributed by atoms with Crippen molar-refractivity contribution in [1.29, 1.82) is 0 Å². The summed E-state index contributed by atoms with van der Waals surface area (Å²) >= 11 is 0. The Balaban J connectivity index is 1.41. The highest BCUT2D eigenvalue weighted by Crippen LogP contribution is 2.22. The van der Waals surface area contributed by atoms with Crippen molar-refractivity contribution in [2.75, 3.05) is 13.1 Å². The molecule has 1 aliphatic rings. The van der Waals surface area contributed by atoms with Gasteiger partial charge in [0.25, 0.3) is 0 Å². The number of nitrogens with one attached hydrogen (secondary N) is 8. The number of aromatic hydroxyl groups is 2. The molecule has 10 atom stereocenters. The van der Waals surface area contributed by atoms with E-state index >= 15 is 0 Å². The van der Waals surface area contributed by atoms with Crippen LogP contribution in [0.1, 0.15) is 94.4 Å². The molecule has 4 aromatic carbocycles. The molecule has 28 heteroatoms. The zero-order valence-corrected chi connectivity index (χ0v) is 51.5. The van der Waals surface area contributed by atoms with E-state index in [0.717, 1.165) is 0 Å². The first-order chi connectivity index (χ1) is 43.8. The van der Waals surface area contributed by atoms with Crippen molar-refractivity contribution in [2.24, 2.45) is 23.1 Å². The lowest BCUT2D eigenvalue weighted by molar-refractivity contribution is -0.144. The van der Waals surface area contributed by atoms with Crippen LogP contribution in [0.3, 0.4) is 0 Å². The summed E-state index contributed by atoms with van der Waals surface area (Å²) in [5, 5.41) is 59.8. The zero-order chi connectivity index (χ0) is 67.6. The van der Waals surface area contributed by atoms with Crippen LogP contribution in [0.25, 0.3) is 0 Å². The van der Waals surface area contributed by atoms with Crippen LogP contribution in [0, 0.1) is 5.92 Å². The van der Waals surface area contributed by atoms with Crippen molar-refractivity contribution in [3.8, 4) is 11.5 Å². The maximum atomic E-state index is 15.0. The number of primary amides is 1. The minimum absolute atomic E-state index is 0.0234. The van der Waals surface area contributed by atoms with Gasteiger partial charge in [-0.05, 0) is 91.1 Å². The van der Waals surface area contributed by atoms with Crippen molar-refractivity contribution >= 4 is 71.0 Å². The standard InChI is InChI=1S/C64H84N12O16/c1-4-13-43(68-56(83)44(18-11-28-65)69-62(89)54(67)36(2)3)55(82)74-49(32-39-20-24-41(77)25-21-39)63(90)76-29-12-19-51(76)61(88)73-46(31-38-16-9-6-10-17-38)58(85)70-45(30-37-14-7-5-8-15-37)57(84)71-47(34-52(66)79)59(86)72-48(35-53(80)81)60(87)75-50(64(91)92)33-40-22-26-42(78)27-23-40/h5-10,14-17,20-27,36,43-51,54,77-78H,4,11-13,18-19,28-35,65,67H2,1-3H3,(H2,66,79)(H,68,83)(H,69,89)(H,70,85)(H,71,84)(H,72,86)(H,73,88)(H,74,82)(H,75,87)(H,80,81)(H,91,92)/t43-,44-,45-,46-,47-,48-,49-,50-,51-,54-/m0/s1. The number of nitrogens with two attached hydrogens (primary N) is 3. The first kappa shape index (κ1) is 72.8.